The van der Waals surface area contributed by atoms with Gasteiger partial charge in [0.2, 0.25) is 0 Å². The Morgan fingerprint density at radius 3 is 2.87 bits per heavy atom. The smallest absolute Gasteiger partial charge is 0.102 e. The van der Waals surface area contributed by atoms with Crippen molar-refractivity contribution in [1.82, 2.24) is 0 Å². The Kier molecular flexibility index (Phi) is 3.86. The summed E-state index contributed by atoms with van der Waals surface area (Å²) in [6.45, 7) is 2.54. The summed E-state index contributed by atoms with van der Waals surface area (Å²) in [7, 11) is 0. The van der Waals surface area contributed by atoms with Gasteiger partial charge in [0.1, 0.15) is 5.71 Å². The first kappa shape index (κ1) is 11.7. The largest absolute Gasteiger partial charge is 0.411 e. The van der Waals surface area contributed by atoms with Crippen molar-refractivity contribution in [3.05, 3.63) is 35.4 Å². The number of benzene rings is 1. The monoisotopic (exact) mass is 224 g/mol. The number of rotatable bonds is 1. The van der Waals surface area contributed by atoms with Gasteiger partial charge in [-0.2, -0.15) is 0 Å². The first-order chi connectivity index (χ1) is 6.83. The molecule has 0 unspecified atom stereocenters. The van der Waals surface area contributed by atoms with Gasteiger partial charge < -0.3 is 5.21 Å². The Balaban J connectivity index is 0.00000112. The number of fused-ring (bicyclic) bond motifs is 1. The van der Waals surface area contributed by atoms with Crippen molar-refractivity contribution in [3.8, 4) is 0 Å². The fraction of sp³-hybridized carbons (Fsp3) is 0.273. The Hall–Kier alpha value is -1.35. The van der Waals surface area contributed by atoms with Gasteiger partial charge in [-0.3, -0.25) is 4.99 Å². The SMILES string of the molecule is CC(=NO)C1=NCCc2ccccc21.Cl. The van der Waals surface area contributed by atoms with E-state index in [0.29, 0.717) is 5.71 Å². The Morgan fingerprint density at radius 1 is 1.40 bits per heavy atom. The lowest BCUT2D eigenvalue weighted by atomic mass is 9.96. The maximum Gasteiger partial charge on any atom is 0.102 e. The molecule has 2 rings (SSSR count). The molecule has 1 aromatic rings. The molecule has 1 heterocycles. The maximum atomic E-state index is 8.72. The van der Waals surface area contributed by atoms with Crippen LogP contribution in [-0.2, 0) is 6.42 Å². The summed E-state index contributed by atoms with van der Waals surface area (Å²) in [5.41, 5.74) is 3.76. The summed E-state index contributed by atoms with van der Waals surface area (Å²) in [4.78, 5) is 4.37. The highest BCUT2D eigenvalue weighted by atomic mass is 35.5. The van der Waals surface area contributed by atoms with Gasteiger partial charge >= 0.3 is 0 Å². The molecule has 0 spiro atoms. The molecule has 0 atom stereocenters. The van der Waals surface area contributed by atoms with E-state index in [-0.39, 0.29) is 12.4 Å². The van der Waals surface area contributed by atoms with Crippen LogP contribution in [0, 0.1) is 0 Å². The van der Waals surface area contributed by atoms with Gasteiger partial charge in [-0.1, -0.05) is 29.4 Å². The second-order valence-corrected chi connectivity index (χ2v) is 3.32. The topological polar surface area (TPSA) is 45.0 Å². The van der Waals surface area contributed by atoms with Gasteiger partial charge in [-0.25, -0.2) is 0 Å². The average molecular weight is 225 g/mol. The van der Waals surface area contributed by atoms with E-state index in [1.54, 1.807) is 6.92 Å². The van der Waals surface area contributed by atoms with Crippen LogP contribution in [0.25, 0.3) is 0 Å². The zero-order valence-corrected chi connectivity index (χ0v) is 9.29. The second-order valence-electron chi connectivity index (χ2n) is 3.32. The lowest BCUT2D eigenvalue weighted by Crippen LogP contribution is -2.19. The predicted molar refractivity (Wildman–Crippen MR) is 63.7 cm³/mol. The minimum atomic E-state index is 0. The Bertz CT molecular complexity index is 413. The maximum absolute atomic E-state index is 8.72. The number of hydrogen-bond donors (Lipinski definition) is 1. The Morgan fingerprint density at radius 2 is 2.13 bits per heavy atom. The van der Waals surface area contributed by atoms with Crippen LogP contribution in [0.4, 0.5) is 0 Å². The van der Waals surface area contributed by atoms with Crippen LogP contribution in [0.1, 0.15) is 18.1 Å². The normalized spacial score (nSPS) is 15.0. The number of hydrogen-bond acceptors (Lipinski definition) is 3. The molecule has 0 bridgehead atoms. The van der Waals surface area contributed by atoms with Crippen molar-refractivity contribution in [2.24, 2.45) is 10.1 Å². The molecule has 0 saturated carbocycles. The highest BCUT2D eigenvalue weighted by molar-refractivity contribution is 6.48. The minimum Gasteiger partial charge on any atom is -0.411 e. The third kappa shape index (κ3) is 2.18. The standard InChI is InChI=1S/C11H12N2O.ClH/c1-8(13-14)11-10-5-3-2-4-9(10)6-7-12-11;/h2-5,14H,6-7H2,1H3;1H. The first-order valence-corrected chi connectivity index (χ1v) is 4.64. The van der Waals surface area contributed by atoms with Gasteiger partial charge in [0.25, 0.3) is 0 Å². The number of halogens is 1. The van der Waals surface area contributed by atoms with Crippen molar-refractivity contribution in [2.75, 3.05) is 6.54 Å². The highest BCUT2D eigenvalue weighted by Crippen LogP contribution is 2.16. The van der Waals surface area contributed by atoms with Crippen LogP contribution in [0.15, 0.2) is 34.4 Å². The molecule has 0 aromatic heterocycles. The van der Waals surface area contributed by atoms with Gasteiger partial charge in [-0.15, -0.1) is 12.4 Å². The molecule has 1 N–H and O–H groups in total. The van der Waals surface area contributed by atoms with Crippen molar-refractivity contribution in [3.63, 3.8) is 0 Å². The van der Waals surface area contributed by atoms with E-state index in [2.05, 4.69) is 16.2 Å². The predicted octanol–water partition coefficient (Wildman–Crippen LogP) is 2.30. The summed E-state index contributed by atoms with van der Waals surface area (Å²) in [6, 6.07) is 8.11. The van der Waals surface area contributed by atoms with Crippen LogP contribution in [0.3, 0.4) is 0 Å². The van der Waals surface area contributed by atoms with Crippen LogP contribution < -0.4 is 0 Å². The summed E-state index contributed by atoms with van der Waals surface area (Å²) < 4.78 is 0. The summed E-state index contributed by atoms with van der Waals surface area (Å²) in [5.74, 6) is 0. The van der Waals surface area contributed by atoms with Gasteiger partial charge in [0.05, 0.1) is 5.71 Å². The quantitative estimate of drug-likeness (QED) is 0.444. The van der Waals surface area contributed by atoms with E-state index in [4.69, 9.17) is 5.21 Å². The fourth-order valence-corrected chi connectivity index (χ4v) is 1.70. The van der Waals surface area contributed by atoms with E-state index >= 15 is 0 Å². The second kappa shape index (κ2) is 4.94. The minimum absolute atomic E-state index is 0. The van der Waals surface area contributed by atoms with Crippen LogP contribution in [-0.4, -0.2) is 23.2 Å². The molecule has 0 amide bonds. The van der Waals surface area contributed by atoms with Crippen LogP contribution in [0.2, 0.25) is 0 Å². The first-order valence-electron chi connectivity index (χ1n) is 4.64. The van der Waals surface area contributed by atoms with E-state index in [1.165, 1.54) is 5.56 Å². The molecule has 0 radical (unpaired) electrons. The average Bonchev–Trinajstić information content (AvgIpc) is 2.27. The molecule has 15 heavy (non-hydrogen) atoms. The Labute approximate surface area is 94.9 Å². The molecule has 0 aliphatic carbocycles. The van der Waals surface area contributed by atoms with E-state index in [9.17, 15) is 0 Å². The summed E-state index contributed by atoms with van der Waals surface area (Å²) in [6.07, 6.45) is 0.971. The zero-order chi connectivity index (χ0) is 9.97. The molecule has 1 aromatic carbocycles. The molecular weight excluding hydrogens is 212 g/mol. The lowest BCUT2D eigenvalue weighted by Gasteiger charge is -2.15. The molecule has 4 heteroatoms. The molecular formula is C11H13ClN2O. The third-order valence-corrected chi connectivity index (χ3v) is 2.42. The van der Waals surface area contributed by atoms with Crippen LogP contribution >= 0.6 is 12.4 Å². The highest BCUT2D eigenvalue weighted by Gasteiger charge is 2.15. The van der Waals surface area contributed by atoms with E-state index in [1.807, 2.05) is 18.2 Å². The van der Waals surface area contributed by atoms with Crippen LogP contribution in [0.5, 0.6) is 0 Å². The zero-order valence-electron chi connectivity index (χ0n) is 8.47. The third-order valence-electron chi connectivity index (χ3n) is 2.42. The van der Waals surface area contributed by atoms with Crippen molar-refractivity contribution in [1.29, 1.82) is 0 Å². The molecule has 80 valence electrons. The van der Waals surface area contributed by atoms with Gasteiger partial charge in [-0.05, 0) is 18.9 Å². The summed E-state index contributed by atoms with van der Waals surface area (Å²) in [5, 5.41) is 11.9. The molecule has 0 fully saturated rings. The van der Waals surface area contributed by atoms with E-state index < -0.39 is 0 Å². The number of aliphatic imine (C=N–C) groups is 1. The summed E-state index contributed by atoms with van der Waals surface area (Å²) >= 11 is 0. The van der Waals surface area contributed by atoms with Crippen molar-refractivity contribution in [2.45, 2.75) is 13.3 Å². The molecule has 1 aliphatic heterocycles. The fourth-order valence-electron chi connectivity index (χ4n) is 1.70. The number of nitrogens with zero attached hydrogens (tertiary/aromatic N) is 2. The molecule has 1 aliphatic rings. The van der Waals surface area contributed by atoms with Gasteiger partial charge in [0.15, 0.2) is 0 Å². The van der Waals surface area contributed by atoms with E-state index in [0.717, 1.165) is 24.2 Å². The molecule has 0 saturated heterocycles. The number of oxime groups is 1. The van der Waals surface area contributed by atoms with Crippen molar-refractivity contribution < 1.29 is 5.21 Å². The van der Waals surface area contributed by atoms with Crippen molar-refractivity contribution >= 4 is 23.8 Å². The van der Waals surface area contributed by atoms with Gasteiger partial charge in [0, 0.05) is 12.1 Å². The molecule has 3 nitrogen and oxygen atoms in total. The lowest BCUT2D eigenvalue weighted by molar-refractivity contribution is 0.320.